The summed E-state index contributed by atoms with van der Waals surface area (Å²) in [6.45, 7) is 6.43. The first-order valence-electron chi connectivity index (χ1n) is 50.2. The van der Waals surface area contributed by atoms with Crippen molar-refractivity contribution in [2.75, 3.05) is 64.0 Å². The molecule has 0 aromatic heterocycles. The predicted molar refractivity (Wildman–Crippen MR) is 549 cm³/mol. The Kier molecular flexibility index (Phi) is 36.9. The maximum Gasteiger partial charge on any atom is 0.246 e. The van der Waals surface area contributed by atoms with Crippen molar-refractivity contribution in [3.05, 3.63) is 239 Å². The number of rotatable bonds is 38. The average Bonchev–Trinajstić information content (AvgIpc) is 1.61. The van der Waals surface area contributed by atoms with Gasteiger partial charge in [-0.25, -0.2) is 0 Å². The number of carbonyl (C=O) groups excluding carboxylic acids is 14. The SMILES string of the molecule is CN[C@H](CC(C)C)C(=O)N[C@@H]1Cc2ccc(cc2)Oc2cc(ccc2O)C(N[C@@H](CN)C(=O)N[C@@H](Cc2ccccc2)C(=O)N2CC3Nc4ccccc4C3C[C@H]2C(=O)NCCC(O)CCNC(=O)[C@@H]2CC3c4ccccc4NC3CN2C(=O)[C@H](Cc2ccccc2)NC(=O)[C@H](CN)NC2NC(=O)[C@H](CC(N)=O)NC(=O)[C@H](NC(=O)[C@@H](CC(C)C)NC)Cc3ccc(cc3)Oc3cc2ccc3O)NC(=O)[C@H](CC(N)=O)NC1=O. The molecule has 2 saturated heterocycles. The summed E-state index contributed by atoms with van der Waals surface area (Å²) in [5.41, 5.74) is 30.7. The highest BCUT2D eigenvalue weighted by molar-refractivity contribution is 5.99. The van der Waals surface area contributed by atoms with Gasteiger partial charge in [0.15, 0.2) is 23.0 Å². The lowest BCUT2D eigenvalue weighted by Crippen LogP contribution is -2.63. The van der Waals surface area contributed by atoms with E-state index in [-0.39, 0.29) is 147 Å². The molecule has 14 amide bonds. The van der Waals surface area contributed by atoms with Crippen LogP contribution in [-0.2, 0) is 92.8 Å². The minimum absolute atomic E-state index is 0.0346. The highest BCUT2D eigenvalue weighted by Crippen LogP contribution is 2.46. The predicted octanol–water partition coefficient (Wildman–Crippen LogP) is 1.70. The molecule has 0 spiro atoms. The zero-order chi connectivity index (χ0) is 106. The van der Waals surface area contributed by atoms with Gasteiger partial charge in [0.2, 0.25) is 82.7 Å². The summed E-state index contributed by atoms with van der Waals surface area (Å²) in [7, 11) is 3.23. The lowest BCUT2D eigenvalue weighted by Gasteiger charge is -2.42. The molecule has 0 aliphatic carbocycles. The Morgan fingerprint density at radius 3 is 1.17 bits per heavy atom. The number of aliphatic hydroxyl groups is 1. The Balaban J connectivity index is 0.670. The number of aliphatic hydroxyl groups excluding tert-OH is 1. The molecular weight excluding hydrogens is 1900 g/mol. The fraction of sp³-hybridized carbons (Fsp3) is 0.421. The molecule has 41 heteroatoms. The molecule has 18 atom stereocenters. The van der Waals surface area contributed by atoms with Gasteiger partial charge < -0.3 is 132 Å². The van der Waals surface area contributed by atoms with Crippen LogP contribution in [0.4, 0.5) is 11.4 Å². The maximum atomic E-state index is 16.0. The maximum absolute atomic E-state index is 16.0. The highest BCUT2D eigenvalue weighted by atomic mass is 16.5. The van der Waals surface area contributed by atoms with E-state index in [1.807, 2.05) is 76.2 Å². The Labute approximate surface area is 857 Å². The molecule has 8 heterocycles. The van der Waals surface area contributed by atoms with E-state index in [1.165, 1.54) is 46.2 Å². The highest BCUT2D eigenvalue weighted by Gasteiger charge is 2.50. The molecule has 8 aromatic carbocycles. The second kappa shape index (κ2) is 50.3. The van der Waals surface area contributed by atoms with Crippen LogP contribution >= 0.6 is 0 Å². The molecule has 6 unspecified atom stereocenters. The van der Waals surface area contributed by atoms with Crippen molar-refractivity contribution in [1.29, 1.82) is 0 Å². The number of anilines is 2. The van der Waals surface area contributed by atoms with Crippen molar-refractivity contribution in [2.45, 2.75) is 220 Å². The number of para-hydroxylation sites is 2. The van der Waals surface area contributed by atoms with Crippen LogP contribution in [0.25, 0.3) is 0 Å². The van der Waals surface area contributed by atoms with Crippen LogP contribution in [0.3, 0.4) is 0 Å². The molecule has 27 N–H and O–H groups in total. The number of hydrogen-bond acceptors (Lipinski definition) is 27. The molecule has 0 saturated carbocycles. The van der Waals surface area contributed by atoms with Crippen LogP contribution in [0, 0.1) is 11.8 Å². The summed E-state index contributed by atoms with van der Waals surface area (Å²) in [6, 6.07) is 37.5. The summed E-state index contributed by atoms with van der Waals surface area (Å²) in [6.07, 6.45) is -5.08. The van der Waals surface area contributed by atoms with E-state index in [0.29, 0.717) is 35.1 Å². The fourth-order valence-corrected chi connectivity index (χ4v) is 19.9. The standard InChI is InChI=1S/C107H134N22O19/c1-57(2)41-74(112-5)96(135)120-76-43-61-25-31-66(32-26-61)147-90-47-63(29-35-88(90)131)94(126-100(139)78(51-92(110)133)122-98(76)137)118-82(53-108)102(141)124-80(45-59-17-9-7-10-18-59)106(145)128-55-84-70(68-21-13-15-23-72(68)116-84)49-86(128)104(143)114-39-37-65(130)38-40-115-105(144)87-50-71-69-22-14-16-24-73(69)117-85(71)56-129(87)107(146)81(46-60-19-11-8-12-20-60)125-103(142)83(54-109)119-95-64-30-36-89(132)91(48-64)148-67-33-27-62(28-34-67)44-77(121-97(136)75(113-6)42-58(3)4)99(138)123-79(52-93(111)134)101(140)127-95/h7-36,47-48,57-58,65,70-71,74-87,94-95,112-113,116-119,130-132H,37-46,49-56,108-109H2,1-6H3,(H2,110,133)(H2,111,134)(H,114,143)(H,115,144)(H,120,135)(H,121,136)(H,122,137)(H,123,138)(H,124,141)(H,125,142)(H,126,139)(H,127,140)/t65?,70?,71?,74-,75-,76-,77-,78+,79+,80+,81+,82+,83+,84?,85?,86+,87+,94?,95?/m1/s1. The number of nitrogens with one attached hydrogen (secondary N) is 16. The van der Waals surface area contributed by atoms with Gasteiger partial charge in [-0.15, -0.1) is 0 Å². The van der Waals surface area contributed by atoms with E-state index >= 15 is 28.8 Å². The quantitative estimate of drug-likeness (QED) is 0.0262. The van der Waals surface area contributed by atoms with Crippen molar-refractivity contribution in [2.24, 2.45) is 34.8 Å². The van der Waals surface area contributed by atoms with Crippen LogP contribution in [0.5, 0.6) is 34.5 Å². The number of fused-ring (bicyclic) bond motifs is 24. The van der Waals surface area contributed by atoms with Crippen molar-refractivity contribution in [1.82, 2.24) is 84.2 Å². The number of aromatic hydroxyl groups is 2. The van der Waals surface area contributed by atoms with E-state index in [0.717, 1.165) is 22.5 Å². The first-order valence-corrected chi connectivity index (χ1v) is 50.2. The number of carbonyl (C=O) groups is 14. The fourth-order valence-electron chi connectivity index (χ4n) is 19.9. The summed E-state index contributed by atoms with van der Waals surface area (Å²) in [4.78, 5) is 208. The van der Waals surface area contributed by atoms with Gasteiger partial charge in [-0.1, -0.05) is 161 Å². The van der Waals surface area contributed by atoms with Gasteiger partial charge in [0.25, 0.3) is 0 Å². The number of nitrogens with zero attached hydrogens (tertiary/aromatic N) is 2. The summed E-state index contributed by atoms with van der Waals surface area (Å²) in [5, 5.41) is 82.0. The van der Waals surface area contributed by atoms with E-state index in [2.05, 4.69) is 85.1 Å². The number of primary amides is 2. The van der Waals surface area contributed by atoms with Gasteiger partial charge in [0.05, 0.1) is 43.1 Å². The minimum atomic E-state index is -1.69. The average molecular weight is 2030 g/mol. The van der Waals surface area contributed by atoms with Gasteiger partial charge in [-0.05, 0) is 170 Å². The number of benzene rings is 8. The smallest absolute Gasteiger partial charge is 0.246 e. The third-order valence-electron chi connectivity index (χ3n) is 27.7. The zero-order valence-corrected chi connectivity index (χ0v) is 83.4. The van der Waals surface area contributed by atoms with Crippen LogP contribution in [0.1, 0.15) is 148 Å². The van der Waals surface area contributed by atoms with Gasteiger partial charge in [0.1, 0.15) is 84.2 Å². The largest absolute Gasteiger partial charge is 0.504 e. The number of nitrogens with two attached hydrogens (primary N) is 4. The first kappa shape index (κ1) is 109. The van der Waals surface area contributed by atoms with Crippen LogP contribution in [-0.4, -0.2) is 252 Å². The molecule has 786 valence electrons. The molecule has 41 nitrogen and oxygen atoms in total. The molecule has 2 fully saturated rings. The van der Waals surface area contributed by atoms with Crippen molar-refractivity contribution >= 4 is 94.1 Å². The second-order valence-corrected chi connectivity index (χ2v) is 39.4. The summed E-state index contributed by atoms with van der Waals surface area (Å²) < 4.78 is 12.4. The third-order valence-corrected chi connectivity index (χ3v) is 27.7. The molecule has 8 aromatic rings. The van der Waals surface area contributed by atoms with Gasteiger partial charge >= 0.3 is 0 Å². The Morgan fingerprint density at radius 2 is 0.811 bits per heavy atom. The number of ether oxygens (including phenoxy) is 2. The van der Waals surface area contributed by atoms with E-state index < -0.39 is 212 Å². The Morgan fingerprint density at radius 1 is 0.439 bits per heavy atom. The van der Waals surface area contributed by atoms with Crippen molar-refractivity contribution in [3.63, 3.8) is 0 Å². The summed E-state index contributed by atoms with van der Waals surface area (Å²) >= 11 is 0. The van der Waals surface area contributed by atoms with Crippen molar-refractivity contribution < 1.29 is 91.9 Å². The number of amides is 14. The third kappa shape index (κ3) is 28.0. The lowest BCUT2D eigenvalue weighted by atomic mass is 9.83. The number of piperidine rings is 2. The van der Waals surface area contributed by atoms with Crippen LogP contribution < -0.4 is 117 Å². The zero-order valence-electron chi connectivity index (χ0n) is 83.4. The number of hydrogen-bond donors (Lipinski definition) is 23. The number of likely N-dealkylation sites (N-methyl/N-ethyl adjacent to an activating group) is 2. The molecule has 148 heavy (non-hydrogen) atoms. The number of phenolic OH excluding ortho intramolecular Hbond substituents is 2. The van der Waals surface area contributed by atoms with Crippen molar-refractivity contribution in [3.8, 4) is 34.5 Å². The van der Waals surface area contributed by atoms with Crippen LogP contribution in [0.2, 0.25) is 0 Å². The monoisotopic (exact) mass is 2030 g/mol. The molecule has 16 rings (SSSR count). The minimum Gasteiger partial charge on any atom is -0.504 e. The molecule has 8 aliphatic heterocycles. The Bertz CT molecular complexity index is 5730. The molecule has 8 bridgehead atoms. The molecule has 0 radical (unpaired) electrons. The van der Waals surface area contributed by atoms with E-state index in [1.54, 1.807) is 123 Å². The molecular formula is C107H134N22O19. The number of likely N-dealkylation sites (tertiary alicyclic amines) is 2. The topological polar surface area (TPSA) is 621 Å². The van der Waals surface area contributed by atoms with Gasteiger partial charge in [0, 0.05) is 88.2 Å². The molecule has 8 aliphatic rings. The normalized spacial score (nSPS) is 21.9. The van der Waals surface area contributed by atoms with E-state index in [4.69, 9.17) is 32.4 Å². The first-order chi connectivity index (χ1) is 71.1. The Hall–Kier alpha value is -15.1. The van der Waals surface area contributed by atoms with Gasteiger partial charge in [-0.2, -0.15) is 0 Å². The van der Waals surface area contributed by atoms with Gasteiger partial charge in [-0.3, -0.25) is 77.8 Å². The lowest BCUT2D eigenvalue weighted by molar-refractivity contribution is -0.145. The second-order valence-electron chi connectivity index (χ2n) is 39.4. The summed E-state index contributed by atoms with van der Waals surface area (Å²) in [5.74, 6) is -11.7. The van der Waals surface area contributed by atoms with E-state index in [9.17, 15) is 53.7 Å². The number of phenols is 2. The van der Waals surface area contributed by atoms with Crippen LogP contribution in [0.15, 0.2) is 194 Å².